The highest BCUT2D eigenvalue weighted by molar-refractivity contribution is 9.10. The summed E-state index contributed by atoms with van der Waals surface area (Å²) in [6.07, 6.45) is 0. The Balaban J connectivity index is 2.35. The minimum atomic E-state index is 0.284. The van der Waals surface area contributed by atoms with Crippen LogP contribution in [0.1, 0.15) is 5.56 Å². The van der Waals surface area contributed by atoms with Crippen molar-refractivity contribution in [2.75, 3.05) is 27.2 Å². The molecule has 0 heterocycles. The molecular formula is C11H17BrN2O. The molecule has 0 unspecified atom stereocenters. The van der Waals surface area contributed by atoms with Gasteiger partial charge in [-0.05, 0) is 47.7 Å². The molecule has 0 amide bonds. The second-order valence-electron chi connectivity index (χ2n) is 3.77. The van der Waals surface area contributed by atoms with Crippen molar-refractivity contribution in [3.63, 3.8) is 0 Å². The molecule has 0 aliphatic heterocycles. The van der Waals surface area contributed by atoms with Gasteiger partial charge in [-0.2, -0.15) is 0 Å². The Morgan fingerprint density at radius 3 is 2.73 bits per heavy atom. The summed E-state index contributed by atoms with van der Waals surface area (Å²) in [6.45, 7) is 2.82. The normalized spacial score (nSPS) is 10.9. The summed E-state index contributed by atoms with van der Waals surface area (Å²) < 4.78 is 0.745. The molecule has 1 aromatic carbocycles. The van der Waals surface area contributed by atoms with Crippen molar-refractivity contribution in [2.24, 2.45) is 0 Å². The zero-order chi connectivity index (χ0) is 11.3. The fourth-order valence-corrected chi connectivity index (χ4v) is 1.62. The molecule has 0 aliphatic carbocycles. The zero-order valence-electron chi connectivity index (χ0n) is 9.13. The second kappa shape index (κ2) is 6.10. The number of rotatable bonds is 5. The quantitative estimate of drug-likeness (QED) is 0.803. The van der Waals surface area contributed by atoms with E-state index >= 15 is 0 Å². The number of phenols is 1. The van der Waals surface area contributed by atoms with Crippen LogP contribution in [0.2, 0.25) is 0 Å². The molecule has 84 valence electrons. The maximum atomic E-state index is 9.31. The lowest BCUT2D eigenvalue weighted by Crippen LogP contribution is -2.26. The van der Waals surface area contributed by atoms with Gasteiger partial charge >= 0.3 is 0 Å². The number of nitrogens with zero attached hydrogens (tertiary/aromatic N) is 1. The third kappa shape index (κ3) is 4.64. The van der Waals surface area contributed by atoms with Gasteiger partial charge in [0.1, 0.15) is 5.75 Å². The number of nitrogens with one attached hydrogen (secondary N) is 1. The van der Waals surface area contributed by atoms with E-state index in [-0.39, 0.29) is 5.75 Å². The van der Waals surface area contributed by atoms with Crippen molar-refractivity contribution in [2.45, 2.75) is 6.54 Å². The average molecular weight is 273 g/mol. The van der Waals surface area contributed by atoms with Gasteiger partial charge in [0.25, 0.3) is 0 Å². The Morgan fingerprint density at radius 2 is 2.13 bits per heavy atom. The summed E-state index contributed by atoms with van der Waals surface area (Å²) in [7, 11) is 4.11. The van der Waals surface area contributed by atoms with Crippen LogP contribution in [0.5, 0.6) is 5.75 Å². The molecule has 0 bridgehead atoms. The molecule has 0 aliphatic rings. The van der Waals surface area contributed by atoms with E-state index < -0.39 is 0 Å². The first-order valence-corrected chi connectivity index (χ1v) is 5.71. The fourth-order valence-electron chi connectivity index (χ4n) is 1.20. The Bertz CT molecular complexity index is 315. The van der Waals surface area contributed by atoms with Crippen molar-refractivity contribution in [1.29, 1.82) is 0 Å². The summed E-state index contributed by atoms with van der Waals surface area (Å²) in [5, 5.41) is 12.6. The minimum absolute atomic E-state index is 0.284. The van der Waals surface area contributed by atoms with Gasteiger partial charge in [-0.3, -0.25) is 0 Å². The van der Waals surface area contributed by atoms with E-state index in [1.54, 1.807) is 6.07 Å². The summed E-state index contributed by atoms with van der Waals surface area (Å²) in [5.74, 6) is 0.284. The number of hydrogen-bond acceptors (Lipinski definition) is 3. The SMILES string of the molecule is CN(C)CCNCc1ccc(O)c(Br)c1. The van der Waals surface area contributed by atoms with Gasteiger partial charge in [0.15, 0.2) is 0 Å². The number of aromatic hydroxyl groups is 1. The second-order valence-corrected chi connectivity index (χ2v) is 4.62. The molecule has 0 spiro atoms. The van der Waals surface area contributed by atoms with E-state index in [9.17, 15) is 5.11 Å². The first kappa shape index (κ1) is 12.5. The molecule has 1 aromatic rings. The maximum absolute atomic E-state index is 9.31. The standard InChI is InChI=1S/C11H17BrN2O/c1-14(2)6-5-13-8-9-3-4-11(15)10(12)7-9/h3-4,7,13,15H,5-6,8H2,1-2H3. The smallest absolute Gasteiger partial charge is 0.129 e. The Morgan fingerprint density at radius 1 is 1.40 bits per heavy atom. The van der Waals surface area contributed by atoms with Crippen LogP contribution in [0.15, 0.2) is 22.7 Å². The van der Waals surface area contributed by atoms with Crippen LogP contribution in [0, 0.1) is 0 Å². The van der Waals surface area contributed by atoms with Crippen molar-refractivity contribution in [3.8, 4) is 5.75 Å². The lowest BCUT2D eigenvalue weighted by molar-refractivity contribution is 0.400. The number of benzene rings is 1. The van der Waals surface area contributed by atoms with E-state index in [0.29, 0.717) is 0 Å². The van der Waals surface area contributed by atoms with Gasteiger partial charge in [0.2, 0.25) is 0 Å². The number of hydrogen-bond donors (Lipinski definition) is 2. The Labute approximate surface area is 99.2 Å². The van der Waals surface area contributed by atoms with Crippen LogP contribution in [-0.2, 0) is 6.54 Å². The molecular weight excluding hydrogens is 256 g/mol. The van der Waals surface area contributed by atoms with Crippen molar-refractivity contribution >= 4 is 15.9 Å². The summed E-state index contributed by atoms with van der Waals surface area (Å²) in [6, 6.07) is 5.55. The van der Waals surface area contributed by atoms with Crippen LogP contribution >= 0.6 is 15.9 Å². The molecule has 0 radical (unpaired) electrons. The summed E-state index contributed by atoms with van der Waals surface area (Å²) in [4.78, 5) is 2.14. The van der Waals surface area contributed by atoms with Gasteiger partial charge in [0.05, 0.1) is 4.47 Å². The molecule has 1 rings (SSSR count). The van der Waals surface area contributed by atoms with Crippen LogP contribution in [0.3, 0.4) is 0 Å². The molecule has 2 N–H and O–H groups in total. The average Bonchev–Trinajstić information content (AvgIpc) is 2.18. The fraction of sp³-hybridized carbons (Fsp3) is 0.455. The molecule has 0 fully saturated rings. The lowest BCUT2D eigenvalue weighted by atomic mass is 10.2. The molecule has 0 aromatic heterocycles. The highest BCUT2D eigenvalue weighted by Crippen LogP contribution is 2.23. The number of phenolic OH excluding ortho intramolecular Hbond substituents is 1. The van der Waals surface area contributed by atoms with Crippen LogP contribution in [-0.4, -0.2) is 37.2 Å². The van der Waals surface area contributed by atoms with Crippen molar-refractivity contribution in [1.82, 2.24) is 10.2 Å². The van der Waals surface area contributed by atoms with E-state index in [4.69, 9.17) is 0 Å². The molecule has 0 saturated carbocycles. The molecule has 0 saturated heterocycles. The lowest BCUT2D eigenvalue weighted by Gasteiger charge is -2.10. The van der Waals surface area contributed by atoms with Crippen LogP contribution in [0.4, 0.5) is 0 Å². The highest BCUT2D eigenvalue weighted by Gasteiger charge is 1.99. The van der Waals surface area contributed by atoms with E-state index in [1.807, 2.05) is 12.1 Å². The van der Waals surface area contributed by atoms with Gasteiger partial charge in [-0.1, -0.05) is 6.07 Å². The predicted molar refractivity (Wildman–Crippen MR) is 66.1 cm³/mol. The Kier molecular flexibility index (Phi) is 5.08. The highest BCUT2D eigenvalue weighted by atomic mass is 79.9. The van der Waals surface area contributed by atoms with E-state index in [2.05, 4.69) is 40.2 Å². The molecule has 15 heavy (non-hydrogen) atoms. The predicted octanol–water partition coefficient (Wildman–Crippen LogP) is 1.81. The minimum Gasteiger partial charge on any atom is -0.507 e. The van der Waals surface area contributed by atoms with Crippen LogP contribution in [0.25, 0.3) is 0 Å². The molecule has 0 atom stereocenters. The topological polar surface area (TPSA) is 35.5 Å². The number of halogens is 1. The largest absolute Gasteiger partial charge is 0.507 e. The third-order valence-corrected chi connectivity index (χ3v) is 2.71. The molecule has 4 heteroatoms. The van der Waals surface area contributed by atoms with Gasteiger partial charge in [-0.15, -0.1) is 0 Å². The first-order chi connectivity index (χ1) is 7.09. The molecule has 3 nitrogen and oxygen atoms in total. The van der Waals surface area contributed by atoms with Gasteiger partial charge < -0.3 is 15.3 Å². The summed E-state index contributed by atoms with van der Waals surface area (Å²) in [5.41, 5.74) is 1.17. The van der Waals surface area contributed by atoms with E-state index in [1.165, 1.54) is 5.56 Å². The van der Waals surface area contributed by atoms with Crippen molar-refractivity contribution in [3.05, 3.63) is 28.2 Å². The van der Waals surface area contributed by atoms with Gasteiger partial charge in [-0.25, -0.2) is 0 Å². The summed E-state index contributed by atoms with van der Waals surface area (Å²) >= 11 is 3.29. The van der Waals surface area contributed by atoms with Crippen LogP contribution < -0.4 is 5.32 Å². The van der Waals surface area contributed by atoms with E-state index in [0.717, 1.165) is 24.1 Å². The van der Waals surface area contributed by atoms with Gasteiger partial charge in [0, 0.05) is 19.6 Å². The third-order valence-electron chi connectivity index (χ3n) is 2.08. The zero-order valence-corrected chi connectivity index (χ0v) is 10.7. The first-order valence-electron chi connectivity index (χ1n) is 4.92. The monoisotopic (exact) mass is 272 g/mol. The Hall–Kier alpha value is -0.580. The number of likely N-dealkylation sites (N-methyl/N-ethyl adjacent to an activating group) is 1. The maximum Gasteiger partial charge on any atom is 0.129 e. The van der Waals surface area contributed by atoms with Crippen molar-refractivity contribution < 1.29 is 5.11 Å².